The summed E-state index contributed by atoms with van der Waals surface area (Å²) in [7, 11) is 1.75. The van der Waals surface area contributed by atoms with Crippen LogP contribution >= 0.6 is 11.6 Å². The number of anilines is 1. The number of carbonyl (C=O) groups is 2. The average molecular weight is 354 g/mol. The number of hydrogen-bond acceptors (Lipinski definition) is 4. The number of aromatic nitrogens is 2. The second kappa shape index (κ2) is 7.00. The van der Waals surface area contributed by atoms with Crippen LogP contribution in [0.1, 0.15) is 28.7 Å². The van der Waals surface area contributed by atoms with Gasteiger partial charge in [0, 0.05) is 12.1 Å². The molecule has 2 rings (SSSR count). The van der Waals surface area contributed by atoms with Gasteiger partial charge in [-0.1, -0.05) is 11.6 Å². The molecule has 0 radical (unpaired) electrons. The van der Waals surface area contributed by atoms with E-state index in [4.69, 9.17) is 16.3 Å². The molecule has 1 atom stereocenters. The van der Waals surface area contributed by atoms with Crippen LogP contribution in [0.5, 0.6) is 0 Å². The molecular formula is C16H17ClFN3O3. The van der Waals surface area contributed by atoms with E-state index in [0.29, 0.717) is 11.4 Å². The van der Waals surface area contributed by atoms with E-state index in [2.05, 4.69) is 10.4 Å². The van der Waals surface area contributed by atoms with Crippen molar-refractivity contribution in [2.24, 2.45) is 7.05 Å². The maximum atomic E-state index is 13.7. The van der Waals surface area contributed by atoms with Crippen molar-refractivity contribution in [1.82, 2.24) is 9.78 Å². The third-order valence-corrected chi connectivity index (χ3v) is 3.80. The van der Waals surface area contributed by atoms with Crippen molar-refractivity contribution in [3.05, 3.63) is 46.0 Å². The average Bonchev–Trinajstić information content (AvgIpc) is 2.73. The number of halogens is 2. The van der Waals surface area contributed by atoms with Crippen molar-refractivity contribution in [3.63, 3.8) is 0 Å². The van der Waals surface area contributed by atoms with Crippen molar-refractivity contribution in [2.75, 3.05) is 5.32 Å². The molecule has 0 aliphatic carbocycles. The number of carbonyl (C=O) groups excluding carboxylic acids is 2. The van der Waals surface area contributed by atoms with Crippen LogP contribution in [0, 0.1) is 19.7 Å². The molecule has 0 aliphatic heterocycles. The fourth-order valence-corrected chi connectivity index (χ4v) is 2.27. The molecule has 8 heteroatoms. The monoisotopic (exact) mass is 353 g/mol. The van der Waals surface area contributed by atoms with Crippen molar-refractivity contribution in [1.29, 1.82) is 0 Å². The first kappa shape index (κ1) is 17.9. The third kappa shape index (κ3) is 3.73. The maximum Gasteiger partial charge on any atom is 0.341 e. The third-order valence-electron chi connectivity index (χ3n) is 3.56. The Morgan fingerprint density at radius 2 is 2.04 bits per heavy atom. The second-order valence-electron chi connectivity index (χ2n) is 5.33. The van der Waals surface area contributed by atoms with Gasteiger partial charge < -0.3 is 10.1 Å². The SMILES string of the molecule is Cc1nn(C)c(C)c1NC(=O)[C@@H](C)OC(=O)c1ccc(Cl)cc1F. The maximum absolute atomic E-state index is 13.7. The zero-order valence-electron chi connectivity index (χ0n) is 13.7. The summed E-state index contributed by atoms with van der Waals surface area (Å²) in [6.07, 6.45) is -1.11. The summed E-state index contributed by atoms with van der Waals surface area (Å²) in [6.45, 7) is 4.96. The molecule has 0 saturated carbocycles. The van der Waals surface area contributed by atoms with Crippen LogP contribution in [0.25, 0.3) is 0 Å². The Balaban J connectivity index is 2.07. The first-order valence-electron chi connectivity index (χ1n) is 7.17. The van der Waals surface area contributed by atoms with E-state index in [1.165, 1.54) is 19.1 Å². The van der Waals surface area contributed by atoms with E-state index in [1.807, 2.05) is 0 Å². The highest BCUT2D eigenvalue weighted by Crippen LogP contribution is 2.19. The lowest BCUT2D eigenvalue weighted by atomic mass is 10.2. The van der Waals surface area contributed by atoms with Gasteiger partial charge in [0.2, 0.25) is 0 Å². The first-order valence-corrected chi connectivity index (χ1v) is 7.55. The topological polar surface area (TPSA) is 73.2 Å². The molecule has 1 aromatic heterocycles. The van der Waals surface area contributed by atoms with Gasteiger partial charge >= 0.3 is 5.97 Å². The number of amides is 1. The van der Waals surface area contributed by atoms with Gasteiger partial charge in [-0.15, -0.1) is 0 Å². The first-order chi connectivity index (χ1) is 11.2. The normalized spacial score (nSPS) is 11.9. The molecule has 1 N–H and O–H groups in total. The van der Waals surface area contributed by atoms with E-state index in [9.17, 15) is 14.0 Å². The summed E-state index contributed by atoms with van der Waals surface area (Å²) < 4.78 is 20.4. The van der Waals surface area contributed by atoms with Crippen LogP contribution in [0.3, 0.4) is 0 Å². The summed E-state index contributed by atoms with van der Waals surface area (Å²) in [5, 5.41) is 7.01. The Bertz CT molecular complexity index is 804. The van der Waals surface area contributed by atoms with Crippen LogP contribution in [-0.2, 0) is 16.6 Å². The predicted molar refractivity (Wildman–Crippen MR) is 87.6 cm³/mol. The molecule has 0 saturated heterocycles. The molecule has 0 aliphatic rings. The number of hydrogen-bond donors (Lipinski definition) is 1. The molecule has 0 fully saturated rings. The molecule has 0 spiro atoms. The standard InChI is InChI=1S/C16H17ClFN3O3/c1-8-14(9(2)21(4)20-8)19-15(22)10(3)24-16(23)12-6-5-11(17)7-13(12)18/h5-7,10H,1-4H3,(H,19,22)/t10-/m1/s1. The minimum Gasteiger partial charge on any atom is -0.449 e. The molecule has 6 nitrogen and oxygen atoms in total. The zero-order chi connectivity index (χ0) is 18.0. The van der Waals surface area contributed by atoms with Crippen LogP contribution in [-0.4, -0.2) is 27.8 Å². The van der Waals surface area contributed by atoms with Crippen molar-refractivity contribution >= 4 is 29.2 Å². The van der Waals surface area contributed by atoms with Crippen molar-refractivity contribution in [3.8, 4) is 0 Å². The summed E-state index contributed by atoms with van der Waals surface area (Å²) in [5.41, 5.74) is 1.68. The lowest BCUT2D eigenvalue weighted by Gasteiger charge is -2.14. The van der Waals surface area contributed by atoms with E-state index >= 15 is 0 Å². The molecule has 1 heterocycles. The van der Waals surface area contributed by atoms with Crippen LogP contribution in [0.2, 0.25) is 5.02 Å². The molecule has 24 heavy (non-hydrogen) atoms. The van der Waals surface area contributed by atoms with Gasteiger partial charge in [0.25, 0.3) is 5.91 Å². The largest absolute Gasteiger partial charge is 0.449 e. The van der Waals surface area contributed by atoms with Gasteiger partial charge in [-0.25, -0.2) is 9.18 Å². The minimum absolute atomic E-state index is 0.164. The highest BCUT2D eigenvalue weighted by Gasteiger charge is 2.23. The van der Waals surface area contributed by atoms with E-state index in [1.54, 1.807) is 25.6 Å². The quantitative estimate of drug-likeness (QED) is 0.857. The van der Waals surface area contributed by atoms with Gasteiger partial charge in [0.1, 0.15) is 5.82 Å². The number of rotatable bonds is 4. The summed E-state index contributed by atoms with van der Waals surface area (Å²) in [6, 6.07) is 3.58. The fraction of sp³-hybridized carbons (Fsp3) is 0.312. The number of benzene rings is 1. The smallest absolute Gasteiger partial charge is 0.341 e. The molecule has 1 aromatic carbocycles. The van der Waals surface area contributed by atoms with Gasteiger partial charge in [-0.2, -0.15) is 5.10 Å². The Morgan fingerprint density at radius 1 is 1.38 bits per heavy atom. The van der Waals surface area contributed by atoms with Crippen LogP contribution in [0.15, 0.2) is 18.2 Å². The lowest BCUT2D eigenvalue weighted by Crippen LogP contribution is -2.30. The Kier molecular flexibility index (Phi) is 5.23. The molecule has 128 valence electrons. The second-order valence-corrected chi connectivity index (χ2v) is 5.77. The van der Waals surface area contributed by atoms with Crippen LogP contribution < -0.4 is 5.32 Å². The Morgan fingerprint density at radius 3 is 2.58 bits per heavy atom. The molecule has 0 bridgehead atoms. The molecular weight excluding hydrogens is 337 g/mol. The molecule has 2 aromatic rings. The number of ether oxygens (including phenoxy) is 1. The van der Waals surface area contributed by atoms with Gasteiger partial charge in [0.05, 0.1) is 22.6 Å². The molecule has 1 amide bonds. The highest BCUT2D eigenvalue weighted by atomic mass is 35.5. The lowest BCUT2D eigenvalue weighted by molar-refractivity contribution is -0.123. The number of esters is 1. The van der Waals surface area contributed by atoms with Crippen molar-refractivity contribution < 1.29 is 18.7 Å². The van der Waals surface area contributed by atoms with Crippen LogP contribution in [0.4, 0.5) is 10.1 Å². The number of nitrogens with zero attached hydrogens (tertiary/aromatic N) is 2. The summed E-state index contributed by atoms with van der Waals surface area (Å²) >= 11 is 5.64. The van der Waals surface area contributed by atoms with Gasteiger partial charge in [-0.05, 0) is 39.0 Å². The minimum atomic E-state index is -1.11. The highest BCUT2D eigenvalue weighted by molar-refractivity contribution is 6.30. The van der Waals surface area contributed by atoms with E-state index < -0.39 is 23.8 Å². The summed E-state index contributed by atoms with van der Waals surface area (Å²) in [4.78, 5) is 24.2. The van der Waals surface area contributed by atoms with E-state index in [-0.39, 0.29) is 10.6 Å². The Hall–Kier alpha value is -2.41. The fourth-order valence-electron chi connectivity index (χ4n) is 2.11. The number of aryl methyl sites for hydroxylation is 2. The number of nitrogens with one attached hydrogen (secondary N) is 1. The Labute approximate surface area is 143 Å². The van der Waals surface area contributed by atoms with E-state index in [0.717, 1.165) is 11.8 Å². The molecule has 0 unspecified atom stereocenters. The summed E-state index contributed by atoms with van der Waals surface area (Å²) in [5.74, 6) is -2.28. The van der Waals surface area contributed by atoms with Gasteiger partial charge in [-0.3, -0.25) is 9.48 Å². The van der Waals surface area contributed by atoms with Gasteiger partial charge in [0.15, 0.2) is 6.10 Å². The van der Waals surface area contributed by atoms with Crippen molar-refractivity contribution in [2.45, 2.75) is 26.9 Å². The zero-order valence-corrected chi connectivity index (χ0v) is 14.4. The predicted octanol–water partition coefficient (Wildman–Crippen LogP) is 3.01.